The molecule has 0 bridgehead atoms. The first kappa shape index (κ1) is 59.1. The average Bonchev–Trinajstić information content (AvgIpc) is 3.24. The van der Waals surface area contributed by atoms with Crippen LogP contribution < -0.4 is 11.5 Å². The van der Waals surface area contributed by atoms with E-state index < -0.39 is 78.3 Å². The summed E-state index contributed by atoms with van der Waals surface area (Å²) in [6.45, 7) is 19.3. The number of aliphatic hydroxyl groups is 1. The normalized spacial score (nSPS) is 15.4. The minimum absolute atomic E-state index is 0.0139. The molecule has 2 rings (SSSR count). The number of ether oxygens (including phenoxy) is 3. The Morgan fingerprint density at radius 1 is 0.529 bits per heavy atom. The average molecular weight is 953 g/mol. The number of nitrogens with two attached hydrogens (primary N) is 2. The first-order valence-electron chi connectivity index (χ1n) is 24.1. The lowest BCUT2D eigenvalue weighted by molar-refractivity contribution is -0.169. The van der Waals surface area contributed by atoms with Gasteiger partial charge in [-0.05, 0) is 113 Å². The van der Waals surface area contributed by atoms with E-state index in [2.05, 4.69) is 0 Å². The second kappa shape index (κ2) is 28.4. The maximum Gasteiger partial charge on any atom is 0.329 e. The summed E-state index contributed by atoms with van der Waals surface area (Å²) in [5.74, 6) is -2.85. The Morgan fingerprint density at radius 3 is 1.25 bits per heavy atom. The van der Waals surface area contributed by atoms with E-state index in [4.69, 9.17) is 25.7 Å². The van der Waals surface area contributed by atoms with Crippen LogP contribution in [0.3, 0.4) is 0 Å². The molecule has 16 nitrogen and oxygen atoms in total. The molecule has 0 aliphatic carbocycles. The van der Waals surface area contributed by atoms with Crippen LogP contribution in [-0.4, -0.2) is 151 Å². The third-order valence-electron chi connectivity index (χ3n) is 11.8. The van der Waals surface area contributed by atoms with Crippen molar-refractivity contribution in [2.45, 2.75) is 156 Å². The number of benzene rings is 2. The van der Waals surface area contributed by atoms with E-state index in [-0.39, 0.29) is 56.0 Å². The highest BCUT2D eigenvalue weighted by atomic mass is 16.6. The lowest BCUT2D eigenvalue weighted by atomic mass is 10.00. The van der Waals surface area contributed by atoms with Gasteiger partial charge >= 0.3 is 17.9 Å². The van der Waals surface area contributed by atoms with E-state index >= 15 is 0 Å². The van der Waals surface area contributed by atoms with Gasteiger partial charge in [-0.25, -0.2) is 4.79 Å². The molecule has 0 heterocycles. The van der Waals surface area contributed by atoms with Crippen LogP contribution >= 0.6 is 0 Å². The molecule has 68 heavy (non-hydrogen) atoms. The second-order valence-corrected chi connectivity index (χ2v) is 20.4. The minimum atomic E-state index is -1.31. The number of hydrogen-bond donors (Lipinski definition) is 3. The number of nitrogen functional groups attached to an aromatic ring is 2. The minimum Gasteiger partial charge on any atom is -0.460 e. The van der Waals surface area contributed by atoms with Gasteiger partial charge in [-0.15, -0.1) is 0 Å². The van der Waals surface area contributed by atoms with E-state index in [1.54, 1.807) is 86.3 Å². The quantitative estimate of drug-likeness (QED) is 0.0403. The van der Waals surface area contributed by atoms with Gasteiger partial charge in [0.05, 0.1) is 12.1 Å². The molecule has 0 fully saturated rings. The maximum absolute atomic E-state index is 14.6. The van der Waals surface area contributed by atoms with E-state index in [0.717, 1.165) is 6.29 Å². The summed E-state index contributed by atoms with van der Waals surface area (Å²) in [5.41, 5.74) is 14.3. The number of anilines is 2. The highest BCUT2D eigenvalue weighted by molar-refractivity contribution is 5.89. The van der Waals surface area contributed by atoms with Gasteiger partial charge in [-0.2, -0.15) is 0 Å². The number of nitrogens with zero attached hydrogens (tertiary/aromatic N) is 4. The number of rotatable bonds is 29. The number of aliphatic hydroxyl groups excluding tert-OH is 1. The number of likely N-dealkylation sites (N-methyl/N-ethyl adjacent to an activating group) is 4. The zero-order chi connectivity index (χ0) is 51.6. The standard InChI is InChI=1S/C52H84N6O10/c1-32(2)23-42(31-59)57(13)48(61)46(27-38-15-19-40(53)20-16-38)67-51(64)44(25-34(5)6)56(12)30-37(10)66-52(65)45(26-35(7)8)58(14)49(62)47(28-39-17-21-41(54)22-18-39)68-50(63)43(24-33(3)4)55(11)29-36(9)60/h15-22,31-37,42-47,60H,23-30,53-54H2,1-14H3. The fourth-order valence-electron chi connectivity index (χ4n) is 8.15. The van der Waals surface area contributed by atoms with Gasteiger partial charge in [-0.3, -0.25) is 29.0 Å². The van der Waals surface area contributed by atoms with Crippen molar-refractivity contribution >= 4 is 47.4 Å². The lowest BCUT2D eigenvalue weighted by Crippen LogP contribution is -2.52. The Kier molecular flexibility index (Phi) is 24.7. The molecule has 0 spiro atoms. The maximum atomic E-state index is 14.6. The highest BCUT2D eigenvalue weighted by Crippen LogP contribution is 2.23. The number of amides is 2. The van der Waals surface area contributed by atoms with Gasteiger partial charge in [0.1, 0.15) is 30.5 Å². The SMILES string of the molecule is CC(C)CC(C(=O)OC(Cc1ccc(N)cc1)C(=O)N(C)C(C=O)CC(C)C)N(C)CC(C)OC(=O)C(CC(C)C)N(C)C(=O)C(Cc1ccc(N)cc1)OC(=O)C(CC(C)C)N(C)CC(C)O. The fourth-order valence-corrected chi connectivity index (χ4v) is 8.15. The zero-order valence-corrected chi connectivity index (χ0v) is 43.3. The zero-order valence-electron chi connectivity index (χ0n) is 43.3. The molecule has 382 valence electrons. The molecule has 5 N–H and O–H groups in total. The molecular weight excluding hydrogens is 869 g/mol. The predicted octanol–water partition coefficient (Wildman–Crippen LogP) is 5.41. The van der Waals surface area contributed by atoms with Crippen molar-refractivity contribution in [2.24, 2.45) is 23.7 Å². The van der Waals surface area contributed by atoms with Gasteiger partial charge in [0.15, 0.2) is 12.2 Å². The van der Waals surface area contributed by atoms with Crippen LogP contribution in [0.5, 0.6) is 0 Å². The molecule has 0 radical (unpaired) electrons. The topological polar surface area (TPSA) is 215 Å². The Morgan fingerprint density at radius 2 is 0.882 bits per heavy atom. The van der Waals surface area contributed by atoms with Gasteiger partial charge in [-0.1, -0.05) is 79.7 Å². The van der Waals surface area contributed by atoms with Crippen LogP contribution in [-0.2, 0) is 55.8 Å². The van der Waals surface area contributed by atoms with Gasteiger partial charge in [0.25, 0.3) is 11.8 Å². The summed E-state index contributed by atoms with van der Waals surface area (Å²) < 4.78 is 18.2. The van der Waals surface area contributed by atoms with Crippen LogP contribution in [0.25, 0.3) is 0 Å². The molecule has 0 aliphatic rings. The third kappa shape index (κ3) is 19.9. The summed E-state index contributed by atoms with van der Waals surface area (Å²) in [4.78, 5) is 89.3. The Hall–Kier alpha value is -5.06. The number of aldehydes is 1. The number of carbonyl (C=O) groups excluding carboxylic acids is 6. The van der Waals surface area contributed by atoms with Crippen LogP contribution in [0.1, 0.15) is 106 Å². The van der Waals surface area contributed by atoms with Crippen LogP contribution in [0.4, 0.5) is 11.4 Å². The van der Waals surface area contributed by atoms with Crippen LogP contribution in [0, 0.1) is 23.7 Å². The monoisotopic (exact) mass is 953 g/mol. The van der Waals surface area contributed by atoms with Crippen LogP contribution in [0.15, 0.2) is 48.5 Å². The largest absolute Gasteiger partial charge is 0.460 e. The van der Waals surface area contributed by atoms with Crippen molar-refractivity contribution in [3.05, 3.63) is 59.7 Å². The number of carbonyl (C=O) groups is 6. The van der Waals surface area contributed by atoms with E-state index in [0.29, 0.717) is 41.8 Å². The molecule has 0 saturated carbocycles. The molecular formula is C52H84N6O10. The number of hydrogen-bond acceptors (Lipinski definition) is 14. The third-order valence-corrected chi connectivity index (χ3v) is 11.8. The molecule has 16 heteroatoms. The molecule has 0 saturated heterocycles. The van der Waals surface area contributed by atoms with Crippen LogP contribution in [0.2, 0.25) is 0 Å². The van der Waals surface area contributed by atoms with E-state index in [9.17, 15) is 33.9 Å². The summed E-state index contributed by atoms with van der Waals surface area (Å²) in [6.07, 6.45) is -1.79. The first-order valence-corrected chi connectivity index (χ1v) is 24.1. The molecule has 8 unspecified atom stereocenters. The van der Waals surface area contributed by atoms with Crippen molar-refractivity contribution in [3.63, 3.8) is 0 Å². The Bertz CT molecular complexity index is 1890. The van der Waals surface area contributed by atoms with E-state index in [1.165, 1.54) is 23.9 Å². The molecule has 8 atom stereocenters. The van der Waals surface area contributed by atoms with Crippen molar-refractivity contribution in [2.75, 3.05) is 52.7 Å². The van der Waals surface area contributed by atoms with Gasteiger partial charge < -0.3 is 45.4 Å². The summed E-state index contributed by atoms with van der Waals surface area (Å²) in [7, 11) is 6.48. The number of esters is 3. The molecule has 2 amide bonds. The van der Waals surface area contributed by atoms with Crippen molar-refractivity contribution in [1.29, 1.82) is 0 Å². The summed E-state index contributed by atoms with van der Waals surface area (Å²) in [5, 5.41) is 10.1. The summed E-state index contributed by atoms with van der Waals surface area (Å²) in [6, 6.07) is 10.4. The van der Waals surface area contributed by atoms with Gasteiger partial charge in [0, 0.05) is 51.4 Å². The molecule has 2 aromatic rings. The fraction of sp³-hybridized carbons (Fsp3) is 0.654. The van der Waals surface area contributed by atoms with Crippen molar-refractivity contribution < 1.29 is 48.1 Å². The summed E-state index contributed by atoms with van der Waals surface area (Å²) >= 11 is 0. The smallest absolute Gasteiger partial charge is 0.329 e. The highest BCUT2D eigenvalue weighted by Gasteiger charge is 2.39. The molecule has 2 aromatic carbocycles. The molecule has 0 aliphatic heterocycles. The van der Waals surface area contributed by atoms with Gasteiger partial charge in [0.2, 0.25) is 0 Å². The Balaban J connectivity index is 2.41. The van der Waals surface area contributed by atoms with Crippen molar-refractivity contribution in [1.82, 2.24) is 19.6 Å². The predicted molar refractivity (Wildman–Crippen MR) is 266 cm³/mol. The Labute approximate surface area is 406 Å². The second-order valence-electron chi connectivity index (χ2n) is 20.4. The molecule has 0 aromatic heterocycles. The lowest BCUT2D eigenvalue weighted by Gasteiger charge is -2.34. The van der Waals surface area contributed by atoms with Crippen molar-refractivity contribution in [3.8, 4) is 0 Å². The van der Waals surface area contributed by atoms with E-state index in [1.807, 2.05) is 55.4 Å². The first-order chi connectivity index (χ1) is 31.7.